The minimum Gasteiger partial charge on any atom is -0.368 e. The van der Waals surface area contributed by atoms with Crippen molar-refractivity contribution in [3.05, 3.63) is 100 Å². The molecule has 0 radical (unpaired) electrons. The number of nitrogens with zero attached hydrogens (tertiary/aromatic N) is 3. The van der Waals surface area contributed by atoms with Gasteiger partial charge in [-0.05, 0) is 60.2 Å². The van der Waals surface area contributed by atoms with Crippen LogP contribution < -0.4 is 10.2 Å². The highest BCUT2D eigenvalue weighted by Gasteiger charge is 2.41. The summed E-state index contributed by atoms with van der Waals surface area (Å²) in [6, 6.07) is 22.0. The van der Waals surface area contributed by atoms with Crippen LogP contribution in [0.1, 0.15) is 28.7 Å². The molecule has 9 heteroatoms. The number of alkyl halides is 3. The molecule has 0 saturated carbocycles. The number of benzene rings is 3. The molecular weight excluding hydrogens is 549 g/mol. The lowest BCUT2D eigenvalue weighted by Gasteiger charge is -2.38. The highest BCUT2D eigenvalue weighted by molar-refractivity contribution is 6.31. The summed E-state index contributed by atoms with van der Waals surface area (Å²) in [4.78, 5) is 20.0. The number of hydrogen-bond acceptors (Lipinski definition) is 4. The van der Waals surface area contributed by atoms with Gasteiger partial charge in [0.25, 0.3) is 0 Å². The molecule has 1 N–H and O–H groups in total. The zero-order valence-electron chi connectivity index (χ0n) is 22.8. The second kappa shape index (κ2) is 11.7. The van der Waals surface area contributed by atoms with Gasteiger partial charge in [0.1, 0.15) is 0 Å². The van der Waals surface area contributed by atoms with Crippen LogP contribution in [-0.4, -0.2) is 66.6 Å². The van der Waals surface area contributed by atoms with E-state index >= 15 is 0 Å². The van der Waals surface area contributed by atoms with E-state index in [1.807, 2.05) is 34.1 Å². The molecule has 2 fully saturated rings. The topological polar surface area (TPSA) is 38.8 Å². The zero-order valence-corrected chi connectivity index (χ0v) is 23.5. The number of piperazine rings is 1. The van der Waals surface area contributed by atoms with Crippen molar-refractivity contribution in [2.24, 2.45) is 0 Å². The summed E-state index contributed by atoms with van der Waals surface area (Å²) >= 11 is 6.50. The highest BCUT2D eigenvalue weighted by atomic mass is 35.5. The predicted molar refractivity (Wildman–Crippen MR) is 155 cm³/mol. The zero-order chi connectivity index (χ0) is 28.6. The van der Waals surface area contributed by atoms with Crippen LogP contribution in [0.5, 0.6) is 0 Å². The maximum atomic E-state index is 13.9. The van der Waals surface area contributed by atoms with Gasteiger partial charge in [-0.25, -0.2) is 0 Å². The first-order valence-electron chi connectivity index (χ1n) is 14.3. The molecule has 3 aromatic rings. The van der Waals surface area contributed by atoms with Gasteiger partial charge in [0.15, 0.2) is 0 Å². The van der Waals surface area contributed by atoms with E-state index in [9.17, 15) is 18.0 Å². The van der Waals surface area contributed by atoms with Crippen LogP contribution in [0, 0.1) is 0 Å². The Morgan fingerprint density at radius 3 is 2.24 bits per heavy atom. The number of nitrogens with one attached hydrogen (secondary N) is 1. The number of likely N-dealkylation sites (tertiary alicyclic amines) is 1. The van der Waals surface area contributed by atoms with Crippen molar-refractivity contribution in [2.45, 2.75) is 50.1 Å². The molecule has 2 aliphatic heterocycles. The lowest BCUT2D eigenvalue weighted by atomic mass is 10.1. The fourth-order valence-corrected chi connectivity index (χ4v) is 6.78. The van der Waals surface area contributed by atoms with E-state index in [1.165, 1.54) is 23.3 Å². The molecule has 2 atom stereocenters. The lowest BCUT2D eigenvalue weighted by molar-refractivity contribution is -0.137. The number of carbonyl (C=O) groups is 1. The van der Waals surface area contributed by atoms with Crippen molar-refractivity contribution in [3.63, 3.8) is 0 Å². The van der Waals surface area contributed by atoms with Crippen molar-refractivity contribution >= 4 is 23.2 Å². The second-order valence-corrected chi connectivity index (χ2v) is 11.8. The molecule has 1 amide bonds. The van der Waals surface area contributed by atoms with Crippen molar-refractivity contribution in [1.82, 2.24) is 15.1 Å². The minimum absolute atomic E-state index is 0.0831. The van der Waals surface area contributed by atoms with Crippen molar-refractivity contribution in [1.29, 1.82) is 0 Å². The Morgan fingerprint density at radius 2 is 1.56 bits per heavy atom. The third-order valence-corrected chi connectivity index (χ3v) is 9.04. The molecule has 6 rings (SSSR count). The van der Waals surface area contributed by atoms with Crippen LogP contribution in [0.25, 0.3) is 0 Å². The Hall–Kier alpha value is -3.07. The Bertz CT molecular complexity index is 1370. The summed E-state index contributed by atoms with van der Waals surface area (Å²) < 4.78 is 39.7. The number of hydrogen-bond donors (Lipinski definition) is 1. The van der Waals surface area contributed by atoms with Crippen molar-refractivity contribution in [2.75, 3.05) is 37.6 Å². The standard InChI is InChI=1S/C32H34ClF3N4O/c33-29-11-4-3-8-24(29)20-40-21-27(37-26-16-22-6-1-2-7-23(22)17-26)19-30(40)31(41)39-14-12-38(13-15-39)28-10-5-9-25(18-28)32(34,35)36/h1-11,18,26-27,30,37H,12-17,19-21H2/t27-,30+/m1/s1. The second-order valence-electron chi connectivity index (χ2n) is 11.4. The molecule has 41 heavy (non-hydrogen) atoms. The first-order valence-corrected chi connectivity index (χ1v) is 14.6. The third-order valence-electron chi connectivity index (χ3n) is 8.67. The van der Waals surface area contributed by atoms with E-state index in [-0.39, 0.29) is 18.0 Å². The molecule has 3 aliphatic rings. The maximum Gasteiger partial charge on any atom is 0.416 e. The summed E-state index contributed by atoms with van der Waals surface area (Å²) in [5.41, 5.74) is 3.66. The predicted octanol–water partition coefficient (Wildman–Crippen LogP) is 5.41. The number of amides is 1. The van der Waals surface area contributed by atoms with Gasteiger partial charge in [-0.1, -0.05) is 60.1 Å². The molecule has 3 aromatic carbocycles. The highest BCUT2D eigenvalue weighted by Crippen LogP contribution is 2.32. The van der Waals surface area contributed by atoms with Gasteiger partial charge in [-0.15, -0.1) is 0 Å². The number of fused-ring (bicyclic) bond motifs is 1. The average Bonchev–Trinajstić information content (AvgIpc) is 3.57. The third kappa shape index (κ3) is 6.25. The molecule has 2 heterocycles. The first-order chi connectivity index (χ1) is 19.7. The summed E-state index contributed by atoms with van der Waals surface area (Å²) in [5.74, 6) is 0.0831. The Kier molecular flexibility index (Phi) is 7.99. The number of rotatable bonds is 6. The Morgan fingerprint density at radius 1 is 0.878 bits per heavy atom. The van der Waals surface area contributed by atoms with Crippen LogP contribution in [0.15, 0.2) is 72.8 Å². The van der Waals surface area contributed by atoms with Crippen LogP contribution in [0.3, 0.4) is 0 Å². The quantitative estimate of drug-likeness (QED) is 0.422. The molecule has 5 nitrogen and oxygen atoms in total. The molecule has 0 aromatic heterocycles. The molecule has 216 valence electrons. The van der Waals surface area contributed by atoms with Crippen LogP contribution in [0.2, 0.25) is 5.02 Å². The molecule has 1 aliphatic carbocycles. The summed E-state index contributed by atoms with van der Waals surface area (Å²) in [7, 11) is 0. The maximum absolute atomic E-state index is 13.9. The minimum atomic E-state index is -4.38. The fourth-order valence-electron chi connectivity index (χ4n) is 6.59. The summed E-state index contributed by atoms with van der Waals surface area (Å²) in [5, 5.41) is 4.53. The van der Waals surface area contributed by atoms with Gasteiger partial charge in [0.05, 0.1) is 11.6 Å². The fraction of sp³-hybridized carbons (Fsp3) is 0.406. The van der Waals surface area contributed by atoms with Gasteiger partial charge in [0.2, 0.25) is 5.91 Å². The SMILES string of the molecule is O=C([C@@H]1C[C@@H](NC2Cc3ccccc3C2)CN1Cc1ccccc1Cl)N1CCN(c2cccc(C(F)(F)F)c2)CC1. The number of halogens is 4. The summed E-state index contributed by atoms with van der Waals surface area (Å²) in [6.45, 7) is 3.27. The van der Waals surface area contributed by atoms with E-state index in [0.717, 1.165) is 31.0 Å². The van der Waals surface area contributed by atoms with E-state index in [0.29, 0.717) is 55.9 Å². The number of anilines is 1. The van der Waals surface area contributed by atoms with Crippen molar-refractivity contribution < 1.29 is 18.0 Å². The van der Waals surface area contributed by atoms with Gasteiger partial charge in [0, 0.05) is 62.1 Å². The first kappa shape index (κ1) is 28.1. The molecule has 0 bridgehead atoms. The number of carbonyl (C=O) groups excluding carboxylic acids is 1. The van der Waals surface area contributed by atoms with Crippen LogP contribution in [-0.2, 0) is 30.4 Å². The Balaban J connectivity index is 1.13. The average molecular weight is 583 g/mol. The lowest BCUT2D eigenvalue weighted by Crippen LogP contribution is -2.53. The Labute approximate surface area is 243 Å². The summed E-state index contributed by atoms with van der Waals surface area (Å²) in [6.07, 6.45) is -1.68. The van der Waals surface area contributed by atoms with E-state index in [2.05, 4.69) is 34.5 Å². The van der Waals surface area contributed by atoms with Gasteiger partial charge < -0.3 is 15.1 Å². The molecular formula is C32H34ClF3N4O. The van der Waals surface area contributed by atoms with Gasteiger partial charge in [-0.3, -0.25) is 9.69 Å². The van der Waals surface area contributed by atoms with E-state index in [4.69, 9.17) is 11.6 Å². The molecule has 2 saturated heterocycles. The largest absolute Gasteiger partial charge is 0.416 e. The van der Waals surface area contributed by atoms with E-state index in [1.54, 1.807) is 6.07 Å². The monoisotopic (exact) mass is 582 g/mol. The van der Waals surface area contributed by atoms with Crippen LogP contribution >= 0.6 is 11.6 Å². The van der Waals surface area contributed by atoms with Gasteiger partial charge in [-0.2, -0.15) is 13.2 Å². The molecule has 0 spiro atoms. The van der Waals surface area contributed by atoms with E-state index < -0.39 is 11.7 Å². The van der Waals surface area contributed by atoms with Crippen molar-refractivity contribution in [3.8, 4) is 0 Å². The van der Waals surface area contributed by atoms with Gasteiger partial charge >= 0.3 is 6.18 Å². The smallest absolute Gasteiger partial charge is 0.368 e. The molecule has 0 unspecified atom stereocenters. The van der Waals surface area contributed by atoms with Crippen LogP contribution in [0.4, 0.5) is 18.9 Å². The normalized spacial score (nSPS) is 21.9.